The van der Waals surface area contributed by atoms with Crippen molar-refractivity contribution in [3.05, 3.63) is 23.4 Å². The number of hydrogen-bond donors (Lipinski definition) is 1. The molecule has 0 fully saturated rings. The van der Waals surface area contributed by atoms with Gasteiger partial charge in [0.15, 0.2) is 0 Å². The average molecular weight is 189 g/mol. The highest BCUT2D eigenvalue weighted by Gasteiger charge is 1.99. The van der Waals surface area contributed by atoms with Crippen LogP contribution in [0.3, 0.4) is 0 Å². The van der Waals surface area contributed by atoms with Crippen LogP contribution < -0.4 is 5.73 Å². The van der Waals surface area contributed by atoms with E-state index in [1.807, 2.05) is 13.8 Å². The van der Waals surface area contributed by atoms with E-state index >= 15 is 0 Å². The number of aliphatic imine (C=N–C) groups is 1. The molecule has 2 N–H and O–H groups in total. The van der Waals surface area contributed by atoms with Crippen LogP contribution in [0.1, 0.15) is 13.8 Å². The molecule has 0 aliphatic carbocycles. The van der Waals surface area contributed by atoms with Crippen LogP contribution in [0.15, 0.2) is 28.4 Å². The monoisotopic (exact) mass is 188 g/mol. The van der Waals surface area contributed by atoms with Crippen molar-refractivity contribution < 1.29 is 4.79 Å². The van der Waals surface area contributed by atoms with Crippen molar-refractivity contribution in [1.29, 1.82) is 0 Å². The minimum atomic E-state index is -0.670. The van der Waals surface area contributed by atoms with E-state index in [1.165, 1.54) is 6.08 Å². The molecular formula is C8H13ClN2O. The molecule has 0 aromatic heterocycles. The van der Waals surface area contributed by atoms with E-state index < -0.39 is 5.91 Å². The fourth-order valence-electron chi connectivity index (χ4n) is 0.343. The lowest BCUT2D eigenvalue weighted by atomic mass is 10.4. The Morgan fingerprint density at radius 2 is 2.00 bits per heavy atom. The first kappa shape index (κ1) is 13.5. The second-order valence-corrected chi connectivity index (χ2v) is 1.98. The number of hydrogen-bond acceptors (Lipinski definition) is 2. The number of nitrogens with zero attached hydrogens (tertiary/aromatic N) is 1. The second-order valence-electron chi connectivity index (χ2n) is 1.50. The van der Waals surface area contributed by atoms with Gasteiger partial charge in [0.05, 0.1) is 0 Å². The number of carbonyl (C=O) groups is 1. The molecule has 12 heavy (non-hydrogen) atoms. The quantitative estimate of drug-likeness (QED) is 0.410. The Labute approximate surface area is 77.6 Å². The Kier molecular flexibility index (Phi) is 9.01. The van der Waals surface area contributed by atoms with Crippen molar-refractivity contribution in [2.24, 2.45) is 10.7 Å². The first-order valence-corrected chi connectivity index (χ1v) is 3.78. The van der Waals surface area contributed by atoms with Gasteiger partial charge in [0.2, 0.25) is 0 Å². The zero-order chi connectivity index (χ0) is 10.1. The molecule has 68 valence electrons. The van der Waals surface area contributed by atoms with E-state index in [0.717, 1.165) is 0 Å². The molecule has 0 aliphatic heterocycles. The van der Waals surface area contributed by atoms with Crippen LogP contribution in [0, 0.1) is 0 Å². The smallest absolute Gasteiger partial charge is 0.267 e. The van der Waals surface area contributed by atoms with E-state index in [-0.39, 0.29) is 10.7 Å². The van der Waals surface area contributed by atoms with Gasteiger partial charge in [-0.05, 0) is 12.8 Å². The van der Waals surface area contributed by atoms with Gasteiger partial charge in [-0.25, -0.2) is 0 Å². The molecule has 0 aromatic carbocycles. The SMILES string of the molecule is C=N/C(=C\C(=C)Cl)C(N)=O.CC. The molecule has 0 radical (unpaired) electrons. The second kappa shape index (κ2) is 8.01. The molecule has 0 bridgehead atoms. The van der Waals surface area contributed by atoms with E-state index in [9.17, 15) is 4.79 Å². The topological polar surface area (TPSA) is 55.4 Å². The van der Waals surface area contributed by atoms with Crippen LogP contribution in [0.25, 0.3) is 0 Å². The molecule has 0 spiro atoms. The maximum atomic E-state index is 10.4. The van der Waals surface area contributed by atoms with Crippen molar-refractivity contribution in [3.63, 3.8) is 0 Å². The maximum Gasteiger partial charge on any atom is 0.267 e. The fraction of sp³-hybridized carbons (Fsp3) is 0.250. The maximum absolute atomic E-state index is 10.4. The highest BCUT2D eigenvalue weighted by atomic mass is 35.5. The van der Waals surface area contributed by atoms with Crippen molar-refractivity contribution in [2.75, 3.05) is 0 Å². The van der Waals surface area contributed by atoms with Crippen LogP contribution in [-0.2, 0) is 4.79 Å². The molecule has 0 atom stereocenters. The third-order valence-corrected chi connectivity index (χ3v) is 0.825. The van der Waals surface area contributed by atoms with E-state index in [1.54, 1.807) is 0 Å². The number of carbonyl (C=O) groups excluding carboxylic acids is 1. The molecular weight excluding hydrogens is 176 g/mol. The lowest BCUT2D eigenvalue weighted by Crippen LogP contribution is -2.12. The molecule has 0 unspecified atom stereocenters. The largest absolute Gasteiger partial charge is 0.364 e. The van der Waals surface area contributed by atoms with E-state index in [2.05, 4.69) is 18.3 Å². The molecule has 0 aliphatic rings. The predicted octanol–water partition coefficient (Wildman–Crippen LogP) is 1.83. The summed E-state index contributed by atoms with van der Waals surface area (Å²) in [6.45, 7) is 10.4. The molecule has 4 heteroatoms. The summed E-state index contributed by atoms with van der Waals surface area (Å²) in [6.07, 6.45) is 1.25. The van der Waals surface area contributed by atoms with Crippen molar-refractivity contribution in [3.8, 4) is 0 Å². The molecule has 3 nitrogen and oxygen atoms in total. The number of amides is 1. The summed E-state index contributed by atoms with van der Waals surface area (Å²) in [4.78, 5) is 13.7. The number of allylic oxidation sites excluding steroid dienone is 2. The van der Waals surface area contributed by atoms with Crippen molar-refractivity contribution in [2.45, 2.75) is 13.8 Å². The molecule has 0 saturated heterocycles. The van der Waals surface area contributed by atoms with Crippen LogP contribution in [0.5, 0.6) is 0 Å². The summed E-state index contributed by atoms with van der Waals surface area (Å²) in [6, 6.07) is 0. The van der Waals surface area contributed by atoms with Gasteiger partial charge in [-0.2, -0.15) is 0 Å². The standard InChI is InChI=1S/C6H7ClN2O.C2H6/c1-4(7)3-5(9-2)6(8)10;1-2/h3H,1-2H2,(H2,8,10);1-2H3/b5-3-;. The lowest BCUT2D eigenvalue weighted by Gasteiger charge is -1.91. The summed E-state index contributed by atoms with van der Waals surface area (Å²) >= 11 is 5.33. The Morgan fingerprint density at radius 1 is 1.58 bits per heavy atom. The Balaban J connectivity index is 0. The fourth-order valence-corrected chi connectivity index (χ4v) is 0.446. The zero-order valence-electron chi connectivity index (χ0n) is 7.30. The van der Waals surface area contributed by atoms with Crippen LogP contribution in [0.2, 0.25) is 0 Å². The van der Waals surface area contributed by atoms with Gasteiger partial charge in [0.25, 0.3) is 5.91 Å². The molecule has 1 amide bonds. The summed E-state index contributed by atoms with van der Waals surface area (Å²) < 4.78 is 0. The van der Waals surface area contributed by atoms with E-state index in [4.69, 9.17) is 17.3 Å². The van der Waals surface area contributed by atoms with Gasteiger partial charge in [0.1, 0.15) is 5.70 Å². The minimum Gasteiger partial charge on any atom is -0.364 e. The zero-order valence-corrected chi connectivity index (χ0v) is 8.06. The Hall–Kier alpha value is -1.09. The first-order chi connectivity index (χ1) is 5.57. The lowest BCUT2D eigenvalue weighted by molar-refractivity contribution is -0.114. The summed E-state index contributed by atoms with van der Waals surface area (Å²) in [5, 5.41) is 0.196. The Morgan fingerprint density at radius 3 is 2.08 bits per heavy atom. The highest BCUT2D eigenvalue weighted by Crippen LogP contribution is 2.04. The predicted molar refractivity (Wildman–Crippen MR) is 53.2 cm³/mol. The summed E-state index contributed by atoms with van der Waals surface area (Å²) in [7, 11) is 0. The molecule has 0 rings (SSSR count). The van der Waals surface area contributed by atoms with Gasteiger partial charge in [-0.1, -0.05) is 32.0 Å². The van der Waals surface area contributed by atoms with E-state index in [0.29, 0.717) is 0 Å². The number of halogens is 1. The minimum absolute atomic E-state index is 0.0139. The van der Waals surface area contributed by atoms with Crippen molar-refractivity contribution >= 4 is 24.2 Å². The summed E-state index contributed by atoms with van der Waals surface area (Å²) in [5.41, 5.74) is 4.87. The van der Waals surface area contributed by atoms with Crippen LogP contribution >= 0.6 is 11.6 Å². The van der Waals surface area contributed by atoms with Gasteiger partial charge >= 0.3 is 0 Å². The highest BCUT2D eigenvalue weighted by molar-refractivity contribution is 6.31. The Bertz CT molecular complexity index is 209. The molecule has 0 saturated carbocycles. The van der Waals surface area contributed by atoms with Crippen LogP contribution in [0.4, 0.5) is 0 Å². The van der Waals surface area contributed by atoms with Gasteiger partial charge < -0.3 is 5.73 Å². The van der Waals surface area contributed by atoms with Crippen LogP contribution in [-0.4, -0.2) is 12.6 Å². The van der Waals surface area contributed by atoms with Gasteiger partial charge in [-0.15, -0.1) is 0 Å². The molecule has 0 heterocycles. The third-order valence-electron chi connectivity index (χ3n) is 0.716. The normalized spacial score (nSPS) is 9.42. The van der Waals surface area contributed by atoms with Gasteiger partial charge in [-0.3, -0.25) is 9.79 Å². The number of nitrogens with two attached hydrogens (primary N) is 1. The number of rotatable bonds is 3. The number of primary amides is 1. The third kappa shape index (κ3) is 7.02. The average Bonchev–Trinajstić information content (AvgIpc) is 2.03. The van der Waals surface area contributed by atoms with Gasteiger partial charge in [0, 0.05) is 5.03 Å². The van der Waals surface area contributed by atoms with Crippen molar-refractivity contribution in [1.82, 2.24) is 0 Å². The molecule has 0 aromatic rings. The first-order valence-electron chi connectivity index (χ1n) is 3.40. The summed E-state index contributed by atoms with van der Waals surface area (Å²) in [5.74, 6) is -0.670.